The zero-order valence-electron chi connectivity index (χ0n) is 12.1. The lowest BCUT2D eigenvalue weighted by Crippen LogP contribution is -2.45. The molecule has 2 heterocycles. The predicted octanol–water partition coefficient (Wildman–Crippen LogP) is 1.24. The zero-order chi connectivity index (χ0) is 14.8. The molecule has 2 aromatic heterocycles. The summed E-state index contributed by atoms with van der Waals surface area (Å²) in [6, 6.07) is 3.64. The number of aromatic nitrogens is 3. The second-order valence-electron chi connectivity index (χ2n) is 5.53. The van der Waals surface area contributed by atoms with E-state index in [1.165, 1.54) is 0 Å². The summed E-state index contributed by atoms with van der Waals surface area (Å²) in [4.78, 5) is 12.5. The summed E-state index contributed by atoms with van der Waals surface area (Å²) in [5.74, 6) is 0.542. The Hall–Kier alpha value is -2.08. The van der Waals surface area contributed by atoms with E-state index in [-0.39, 0.29) is 11.9 Å². The smallest absolute Gasteiger partial charge is 0.257 e. The van der Waals surface area contributed by atoms with Crippen molar-refractivity contribution in [2.45, 2.75) is 37.8 Å². The molecular formula is C15H20N4O2. The maximum absolute atomic E-state index is 12.5. The van der Waals surface area contributed by atoms with Gasteiger partial charge in [-0.2, -0.15) is 5.10 Å². The highest BCUT2D eigenvalue weighted by atomic mass is 16.3. The molecular weight excluding hydrogens is 268 g/mol. The fourth-order valence-electron chi connectivity index (χ4n) is 2.90. The Kier molecular flexibility index (Phi) is 3.79. The van der Waals surface area contributed by atoms with Crippen LogP contribution < -0.4 is 5.32 Å². The predicted molar refractivity (Wildman–Crippen MR) is 78.3 cm³/mol. The fourth-order valence-corrected chi connectivity index (χ4v) is 2.90. The van der Waals surface area contributed by atoms with Crippen LogP contribution in [0.5, 0.6) is 0 Å². The summed E-state index contributed by atoms with van der Waals surface area (Å²) in [5.41, 5.74) is 0.520. The van der Waals surface area contributed by atoms with Crippen molar-refractivity contribution in [1.82, 2.24) is 19.7 Å². The van der Waals surface area contributed by atoms with E-state index in [1.54, 1.807) is 10.9 Å². The minimum Gasteiger partial charge on any atom is -0.391 e. The zero-order valence-corrected chi connectivity index (χ0v) is 12.1. The Bertz CT molecular complexity index is 618. The number of carbonyl (C=O) groups is 1. The van der Waals surface area contributed by atoms with Gasteiger partial charge >= 0.3 is 0 Å². The quantitative estimate of drug-likeness (QED) is 0.892. The van der Waals surface area contributed by atoms with Crippen molar-refractivity contribution >= 4 is 5.91 Å². The highest BCUT2D eigenvalue weighted by Crippen LogP contribution is 2.20. The van der Waals surface area contributed by atoms with Crippen LogP contribution in [0, 0.1) is 0 Å². The van der Waals surface area contributed by atoms with Crippen molar-refractivity contribution < 1.29 is 9.90 Å². The van der Waals surface area contributed by atoms with Gasteiger partial charge in [-0.3, -0.25) is 9.48 Å². The average molecular weight is 288 g/mol. The molecule has 2 atom stereocenters. The minimum atomic E-state index is -0.450. The number of aliphatic hydroxyl groups is 1. The lowest BCUT2D eigenvalue weighted by molar-refractivity contribution is 0.0717. The summed E-state index contributed by atoms with van der Waals surface area (Å²) in [6.45, 7) is 0. The van der Waals surface area contributed by atoms with Gasteiger partial charge in [0.05, 0.1) is 18.3 Å². The Balaban J connectivity index is 1.82. The van der Waals surface area contributed by atoms with Gasteiger partial charge in [0, 0.05) is 19.4 Å². The maximum atomic E-state index is 12.5. The number of amides is 1. The van der Waals surface area contributed by atoms with E-state index in [0.717, 1.165) is 31.5 Å². The molecule has 2 aromatic rings. The molecule has 0 spiro atoms. The number of carbonyl (C=O) groups excluding carboxylic acids is 1. The van der Waals surface area contributed by atoms with Crippen molar-refractivity contribution in [3.63, 3.8) is 0 Å². The molecule has 6 heteroatoms. The van der Waals surface area contributed by atoms with Crippen LogP contribution in [0.15, 0.2) is 30.7 Å². The van der Waals surface area contributed by atoms with Gasteiger partial charge < -0.3 is 15.0 Å². The average Bonchev–Trinajstić information content (AvgIpc) is 3.10. The summed E-state index contributed by atoms with van der Waals surface area (Å²) in [7, 11) is 1.81. The van der Waals surface area contributed by atoms with E-state index in [4.69, 9.17) is 0 Å². The lowest BCUT2D eigenvalue weighted by Gasteiger charge is -2.28. The third-order valence-electron chi connectivity index (χ3n) is 4.05. The largest absolute Gasteiger partial charge is 0.391 e. The Morgan fingerprint density at radius 1 is 1.33 bits per heavy atom. The Labute approximate surface area is 123 Å². The summed E-state index contributed by atoms with van der Waals surface area (Å²) < 4.78 is 3.53. The van der Waals surface area contributed by atoms with Gasteiger partial charge in [-0.1, -0.05) is 12.8 Å². The number of aryl methyl sites for hydroxylation is 1. The number of hydrogen-bond donors (Lipinski definition) is 2. The SMILES string of the molecule is Cn1ncc(C(=O)N[C@H]2CCCC[C@@H]2O)c1-n1cccc1. The molecule has 6 nitrogen and oxygen atoms in total. The van der Waals surface area contributed by atoms with Crippen molar-refractivity contribution in [2.75, 3.05) is 0 Å². The first-order valence-electron chi connectivity index (χ1n) is 7.31. The summed E-state index contributed by atoms with van der Waals surface area (Å²) in [5, 5.41) is 17.1. The Morgan fingerprint density at radius 2 is 2.05 bits per heavy atom. The number of nitrogens with zero attached hydrogens (tertiary/aromatic N) is 3. The molecule has 112 valence electrons. The first kappa shape index (κ1) is 13.9. The first-order valence-corrected chi connectivity index (χ1v) is 7.31. The second kappa shape index (κ2) is 5.73. The van der Waals surface area contributed by atoms with Gasteiger partial charge in [0.25, 0.3) is 5.91 Å². The van der Waals surface area contributed by atoms with E-state index in [9.17, 15) is 9.90 Å². The van der Waals surface area contributed by atoms with E-state index in [0.29, 0.717) is 5.56 Å². The highest BCUT2D eigenvalue weighted by Gasteiger charge is 2.26. The normalized spacial score (nSPS) is 22.2. The molecule has 1 aliphatic carbocycles. The van der Waals surface area contributed by atoms with Crippen LogP contribution in [0.3, 0.4) is 0 Å². The standard InChI is InChI=1S/C15H20N4O2/c1-18-15(19-8-4-5-9-19)11(10-16-18)14(21)17-12-6-2-3-7-13(12)20/h4-5,8-10,12-13,20H,2-3,6-7H2,1H3,(H,17,21)/t12-,13-/m0/s1. The van der Waals surface area contributed by atoms with Crippen molar-refractivity contribution in [3.8, 4) is 5.82 Å². The molecule has 0 unspecified atom stereocenters. The van der Waals surface area contributed by atoms with Gasteiger partial charge in [0.2, 0.25) is 0 Å². The van der Waals surface area contributed by atoms with Gasteiger partial charge in [-0.15, -0.1) is 0 Å². The molecule has 0 aliphatic heterocycles. The van der Waals surface area contributed by atoms with E-state index in [2.05, 4.69) is 10.4 Å². The number of rotatable bonds is 3. The third-order valence-corrected chi connectivity index (χ3v) is 4.05. The van der Waals surface area contributed by atoms with Gasteiger partial charge in [-0.05, 0) is 25.0 Å². The van der Waals surface area contributed by atoms with Crippen LogP contribution in [0.4, 0.5) is 0 Å². The lowest BCUT2D eigenvalue weighted by atomic mass is 9.92. The molecule has 0 aromatic carbocycles. The van der Waals surface area contributed by atoms with Crippen LogP contribution in [0.2, 0.25) is 0 Å². The first-order chi connectivity index (χ1) is 10.2. The molecule has 0 saturated heterocycles. The van der Waals surface area contributed by atoms with Crippen LogP contribution in [0.25, 0.3) is 5.82 Å². The highest BCUT2D eigenvalue weighted by molar-refractivity contribution is 5.97. The van der Waals surface area contributed by atoms with Crippen LogP contribution >= 0.6 is 0 Å². The van der Waals surface area contributed by atoms with Gasteiger partial charge in [-0.25, -0.2) is 0 Å². The van der Waals surface area contributed by atoms with Crippen LogP contribution in [-0.2, 0) is 7.05 Å². The number of nitrogens with one attached hydrogen (secondary N) is 1. The summed E-state index contributed by atoms with van der Waals surface area (Å²) in [6.07, 6.45) is 8.52. The van der Waals surface area contributed by atoms with Crippen molar-refractivity contribution in [1.29, 1.82) is 0 Å². The molecule has 0 radical (unpaired) electrons. The molecule has 1 amide bonds. The summed E-state index contributed by atoms with van der Waals surface area (Å²) >= 11 is 0. The molecule has 1 saturated carbocycles. The van der Waals surface area contributed by atoms with E-state index in [1.807, 2.05) is 36.1 Å². The molecule has 1 aliphatic rings. The Morgan fingerprint density at radius 3 is 2.76 bits per heavy atom. The number of aliphatic hydroxyl groups excluding tert-OH is 1. The van der Waals surface area contributed by atoms with Crippen molar-refractivity contribution in [2.24, 2.45) is 7.05 Å². The second-order valence-corrected chi connectivity index (χ2v) is 5.53. The fraction of sp³-hybridized carbons (Fsp3) is 0.467. The molecule has 21 heavy (non-hydrogen) atoms. The topological polar surface area (TPSA) is 72.1 Å². The van der Waals surface area contributed by atoms with Crippen LogP contribution in [-0.4, -0.2) is 37.5 Å². The molecule has 3 rings (SSSR count). The third kappa shape index (κ3) is 2.71. The van der Waals surface area contributed by atoms with Crippen molar-refractivity contribution in [3.05, 3.63) is 36.3 Å². The molecule has 2 N–H and O–H groups in total. The van der Waals surface area contributed by atoms with Gasteiger partial charge in [0.1, 0.15) is 11.4 Å². The maximum Gasteiger partial charge on any atom is 0.257 e. The van der Waals surface area contributed by atoms with E-state index < -0.39 is 6.10 Å². The van der Waals surface area contributed by atoms with Crippen LogP contribution in [0.1, 0.15) is 36.0 Å². The molecule has 0 bridgehead atoms. The minimum absolute atomic E-state index is 0.163. The van der Waals surface area contributed by atoms with E-state index >= 15 is 0 Å². The molecule has 1 fully saturated rings. The monoisotopic (exact) mass is 288 g/mol. The van der Waals surface area contributed by atoms with Gasteiger partial charge in [0.15, 0.2) is 0 Å². The number of hydrogen-bond acceptors (Lipinski definition) is 3.